The third-order valence-corrected chi connectivity index (χ3v) is 3.96. The van der Waals surface area contributed by atoms with Crippen LogP contribution < -0.4 is 5.73 Å². The minimum absolute atomic E-state index is 0.123. The summed E-state index contributed by atoms with van der Waals surface area (Å²) < 4.78 is 2.06. The van der Waals surface area contributed by atoms with Crippen LogP contribution >= 0.6 is 0 Å². The number of hydrogen-bond donors (Lipinski definition) is 1. The van der Waals surface area contributed by atoms with Crippen LogP contribution in [0, 0.1) is 0 Å². The topological polar surface area (TPSA) is 51.3 Å². The molecule has 1 fully saturated rings. The Kier molecular flexibility index (Phi) is 3.03. The van der Waals surface area contributed by atoms with E-state index in [1.165, 1.54) is 0 Å². The molecule has 0 atom stereocenters. The predicted molar refractivity (Wildman–Crippen MR) is 76.0 cm³/mol. The van der Waals surface area contributed by atoms with Gasteiger partial charge in [0.1, 0.15) is 0 Å². The quantitative estimate of drug-likeness (QED) is 0.846. The molecule has 0 unspecified atom stereocenters. The monoisotopic (exact) mass is 257 g/mol. The number of amides is 1. The average molecular weight is 257 g/mol. The molecule has 3 rings (SSSR count). The minimum atomic E-state index is 0.123. The van der Waals surface area contributed by atoms with Crippen LogP contribution in [0.2, 0.25) is 0 Å². The number of aryl methyl sites for hydroxylation is 1. The van der Waals surface area contributed by atoms with E-state index in [9.17, 15) is 4.79 Å². The Morgan fingerprint density at radius 3 is 2.74 bits per heavy atom. The normalized spacial score (nSPS) is 17.1. The fraction of sp³-hybridized carbons (Fsp3) is 0.400. The highest BCUT2D eigenvalue weighted by molar-refractivity contribution is 5.98. The second-order valence-electron chi connectivity index (χ2n) is 5.33. The lowest BCUT2D eigenvalue weighted by atomic mass is 10.0. The summed E-state index contributed by atoms with van der Waals surface area (Å²) in [6.07, 6.45) is 3.82. The molecule has 1 aromatic heterocycles. The molecule has 4 heteroatoms. The zero-order chi connectivity index (χ0) is 13.4. The van der Waals surface area contributed by atoms with Gasteiger partial charge in [0.15, 0.2) is 0 Å². The summed E-state index contributed by atoms with van der Waals surface area (Å²) in [5, 5.41) is 1.11. The van der Waals surface area contributed by atoms with Crippen LogP contribution in [0.4, 0.5) is 0 Å². The number of rotatable bonds is 1. The summed E-state index contributed by atoms with van der Waals surface area (Å²) in [4.78, 5) is 14.3. The minimum Gasteiger partial charge on any atom is -0.351 e. The van der Waals surface area contributed by atoms with E-state index in [4.69, 9.17) is 5.73 Å². The predicted octanol–water partition coefficient (Wildman–Crippen LogP) is 1.74. The third-order valence-electron chi connectivity index (χ3n) is 3.96. The Bertz CT molecular complexity index is 609. The molecule has 0 bridgehead atoms. The van der Waals surface area contributed by atoms with Gasteiger partial charge in [-0.1, -0.05) is 0 Å². The zero-order valence-electron chi connectivity index (χ0n) is 11.2. The van der Waals surface area contributed by atoms with Crippen molar-refractivity contribution in [1.29, 1.82) is 0 Å². The highest BCUT2D eigenvalue weighted by Gasteiger charge is 2.21. The first kappa shape index (κ1) is 12.2. The Balaban J connectivity index is 1.85. The van der Waals surface area contributed by atoms with Gasteiger partial charge in [0.2, 0.25) is 0 Å². The van der Waals surface area contributed by atoms with E-state index in [0.29, 0.717) is 0 Å². The molecule has 1 saturated heterocycles. The van der Waals surface area contributed by atoms with E-state index in [2.05, 4.69) is 4.57 Å². The van der Waals surface area contributed by atoms with Crippen LogP contribution in [0.15, 0.2) is 30.5 Å². The Morgan fingerprint density at radius 2 is 2.00 bits per heavy atom. The first-order chi connectivity index (χ1) is 9.15. The fourth-order valence-electron chi connectivity index (χ4n) is 2.70. The van der Waals surface area contributed by atoms with Crippen LogP contribution in [-0.2, 0) is 7.05 Å². The number of hydrogen-bond acceptors (Lipinski definition) is 2. The van der Waals surface area contributed by atoms with Crippen molar-refractivity contribution in [2.24, 2.45) is 12.8 Å². The van der Waals surface area contributed by atoms with Crippen LogP contribution in [0.25, 0.3) is 10.9 Å². The zero-order valence-corrected chi connectivity index (χ0v) is 11.2. The summed E-state index contributed by atoms with van der Waals surface area (Å²) in [7, 11) is 2.01. The first-order valence-electron chi connectivity index (χ1n) is 6.75. The standard InChI is InChI=1S/C15H19N3O/c1-17-7-4-11-10-12(2-3-14(11)17)15(19)18-8-5-13(16)6-9-18/h2-4,7,10,13H,5-6,8-9,16H2,1H3. The number of carbonyl (C=O) groups excluding carboxylic acids is 1. The average Bonchev–Trinajstić information content (AvgIpc) is 2.80. The molecule has 4 nitrogen and oxygen atoms in total. The van der Waals surface area contributed by atoms with Gasteiger partial charge in [-0.2, -0.15) is 0 Å². The molecule has 1 aliphatic heterocycles. The third kappa shape index (κ3) is 2.24. The van der Waals surface area contributed by atoms with Crippen LogP contribution in [0.3, 0.4) is 0 Å². The van der Waals surface area contributed by atoms with Gasteiger partial charge in [0.05, 0.1) is 0 Å². The van der Waals surface area contributed by atoms with E-state index in [1.54, 1.807) is 0 Å². The van der Waals surface area contributed by atoms with E-state index >= 15 is 0 Å². The molecule has 19 heavy (non-hydrogen) atoms. The molecule has 0 spiro atoms. The number of fused-ring (bicyclic) bond motifs is 1. The van der Waals surface area contributed by atoms with Crippen molar-refractivity contribution < 1.29 is 4.79 Å². The Morgan fingerprint density at radius 1 is 1.26 bits per heavy atom. The van der Waals surface area contributed by atoms with Crippen molar-refractivity contribution in [2.45, 2.75) is 18.9 Å². The lowest BCUT2D eigenvalue weighted by molar-refractivity contribution is 0.0715. The molecule has 2 aromatic rings. The number of nitrogens with two attached hydrogens (primary N) is 1. The summed E-state index contributed by atoms with van der Waals surface area (Å²) in [5.41, 5.74) is 7.79. The van der Waals surface area contributed by atoms with Gasteiger partial charge >= 0.3 is 0 Å². The van der Waals surface area contributed by atoms with Crippen molar-refractivity contribution in [1.82, 2.24) is 9.47 Å². The van der Waals surface area contributed by atoms with E-state index in [1.807, 2.05) is 42.4 Å². The van der Waals surface area contributed by atoms with Crippen molar-refractivity contribution >= 4 is 16.8 Å². The molecular formula is C15H19N3O. The maximum atomic E-state index is 12.4. The van der Waals surface area contributed by atoms with E-state index < -0.39 is 0 Å². The molecule has 100 valence electrons. The number of benzene rings is 1. The molecule has 1 amide bonds. The van der Waals surface area contributed by atoms with Gasteiger partial charge in [-0.15, -0.1) is 0 Å². The largest absolute Gasteiger partial charge is 0.351 e. The maximum Gasteiger partial charge on any atom is 0.253 e. The van der Waals surface area contributed by atoms with Gasteiger partial charge in [-0.25, -0.2) is 0 Å². The maximum absolute atomic E-state index is 12.4. The fourth-order valence-corrected chi connectivity index (χ4v) is 2.70. The molecular weight excluding hydrogens is 238 g/mol. The number of nitrogens with zero attached hydrogens (tertiary/aromatic N) is 2. The molecule has 0 radical (unpaired) electrons. The summed E-state index contributed by atoms with van der Waals surface area (Å²) >= 11 is 0. The number of piperidine rings is 1. The summed E-state index contributed by atoms with van der Waals surface area (Å²) in [5.74, 6) is 0.123. The lowest BCUT2D eigenvalue weighted by Gasteiger charge is -2.30. The Hall–Kier alpha value is -1.81. The van der Waals surface area contributed by atoms with Gasteiger partial charge in [0, 0.05) is 48.8 Å². The van der Waals surface area contributed by atoms with Gasteiger partial charge in [0.25, 0.3) is 5.91 Å². The molecule has 2 heterocycles. The summed E-state index contributed by atoms with van der Waals surface area (Å²) in [6, 6.07) is 8.20. The van der Waals surface area contributed by atoms with Crippen molar-refractivity contribution in [2.75, 3.05) is 13.1 Å². The van der Waals surface area contributed by atoms with E-state index in [0.717, 1.165) is 42.4 Å². The molecule has 2 N–H and O–H groups in total. The van der Waals surface area contributed by atoms with Crippen LogP contribution in [0.1, 0.15) is 23.2 Å². The number of carbonyl (C=O) groups is 1. The number of aromatic nitrogens is 1. The molecule has 1 aromatic carbocycles. The number of likely N-dealkylation sites (tertiary alicyclic amines) is 1. The second-order valence-corrected chi connectivity index (χ2v) is 5.33. The SMILES string of the molecule is Cn1ccc2cc(C(=O)N3CCC(N)CC3)ccc21. The lowest BCUT2D eigenvalue weighted by Crippen LogP contribution is -2.42. The van der Waals surface area contributed by atoms with Crippen molar-refractivity contribution in [3.05, 3.63) is 36.0 Å². The van der Waals surface area contributed by atoms with Crippen molar-refractivity contribution in [3.8, 4) is 0 Å². The van der Waals surface area contributed by atoms with Gasteiger partial charge in [-0.3, -0.25) is 4.79 Å². The van der Waals surface area contributed by atoms with E-state index in [-0.39, 0.29) is 11.9 Å². The highest BCUT2D eigenvalue weighted by atomic mass is 16.2. The second kappa shape index (κ2) is 4.70. The molecule has 0 saturated carbocycles. The van der Waals surface area contributed by atoms with Gasteiger partial charge in [-0.05, 0) is 37.1 Å². The first-order valence-corrected chi connectivity index (χ1v) is 6.75. The van der Waals surface area contributed by atoms with Crippen LogP contribution in [0.5, 0.6) is 0 Å². The van der Waals surface area contributed by atoms with Gasteiger partial charge < -0.3 is 15.2 Å². The Labute approximate surface area is 112 Å². The smallest absolute Gasteiger partial charge is 0.253 e. The van der Waals surface area contributed by atoms with Crippen molar-refractivity contribution in [3.63, 3.8) is 0 Å². The highest BCUT2D eigenvalue weighted by Crippen LogP contribution is 2.19. The molecule has 1 aliphatic rings. The van der Waals surface area contributed by atoms with Crippen LogP contribution in [-0.4, -0.2) is 34.5 Å². The molecule has 0 aliphatic carbocycles. The summed E-state index contributed by atoms with van der Waals surface area (Å²) in [6.45, 7) is 1.54.